The van der Waals surface area contributed by atoms with Gasteiger partial charge in [0.15, 0.2) is 0 Å². The Balaban J connectivity index is 2.02. The molecule has 1 aromatic carbocycles. The highest BCUT2D eigenvalue weighted by atomic mass is 32.2. The summed E-state index contributed by atoms with van der Waals surface area (Å²) in [5.41, 5.74) is 0.504. The third kappa shape index (κ3) is 5.18. The number of nitrogens with zero attached hydrogens (tertiary/aromatic N) is 2. The molecule has 9 heteroatoms. The number of sulfonamides is 1. The molecule has 0 radical (unpaired) electrons. The van der Waals surface area contributed by atoms with Crippen LogP contribution in [0.4, 0.5) is 0 Å². The van der Waals surface area contributed by atoms with Gasteiger partial charge in [0.25, 0.3) is 5.56 Å². The summed E-state index contributed by atoms with van der Waals surface area (Å²) in [6.45, 7) is 0.102. The Morgan fingerprint density at radius 2 is 1.89 bits per heavy atom. The molecule has 27 heavy (non-hydrogen) atoms. The molecule has 1 N–H and O–H groups in total. The molecule has 0 saturated heterocycles. The number of hydrogen-bond donors (Lipinski definition) is 1. The Kier molecular flexibility index (Phi) is 6.75. The second-order valence-corrected chi connectivity index (χ2v) is 8.18. The maximum atomic E-state index is 12.2. The molecule has 0 bridgehead atoms. The number of pyridine rings is 1. The van der Waals surface area contributed by atoms with Crippen LogP contribution in [0.3, 0.4) is 0 Å². The Morgan fingerprint density at radius 1 is 1.19 bits per heavy atom. The first-order chi connectivity index (χ1) is 12.8. The topological polar surface area (TPSA) is 97.7 Å². The molecule has 146 valence electrons. The Hall–Kier alpha value is -2.65. The summed E-state index contributed by atoms with van der Waals surface area (Å²) in [5.74, 6) is 0.357. The molecule has 2 rings (SSSR count). The van der Waals surface area contributed by atoms with Gasteiger partial charge in [0.05, 0.1) is 12.0 Å². The minimum Gasteiger partial charge on any atom is -0.496 e. The zero-order chi connectivity index (χ0) is 20.0. The van der Waals surface area contributed by atoms with Crippen molar-refractivity contribution in [3.63, 3.8) is 0 Å². The van der Waals surface area contributed by atoms with Gasteiger partial charge in [-0.15, -0.1) is 0 Å². The zero-order valence-electron chi connectivity index (χ0n) is 15.5. The molecule has 8 nitrogen and oxygen atoms in total. The fourth-order valence-electron chi connectivity index (χ4n) is 2.45. The maximum Gasteiger partial charge on any atom is 0.251 e. The van der Waals surface area contributed by atoms with Crippen LogP contribution in [0.2, 0.25) is 0 Å². The lowest BCUT2D eigenvalue weighted by Gasteiger charge is -2.13. The number of nitrogens with one attached hydrogen (secondary N) is 1. The summed E-state index contributed by atoms with van der Waals surface area (Å²) < 4.78 is 31.7. The van der Waals surface area contributed by atoms with E-state index in [0.717, 1.165) is 26.3 Å². The van der Waals surface area contributed by atoms with Gasteiger partial charge in [0.1, 0.15) is 12.3 Å². The second kappa shape index (κ2) is 8.83. The normalized spacial score (nSPS) is 11.4. The van der Waals surface area contributed by atoms with E-state index in [1.54, 1.807) is 7.11 Å². The Morgan fingerprint density at radius 3 is 2.56 bits per heavy atom. The lowest BCUT2D eigenvalue weighted by Crippen LogP contribution is -2.33. The van der Waals surface area contributed by atoms with E-state index >= 15 is 0 Å². The maximum absolute atomic E-state index is 12.2. The molecule has 0 fully saturated rings. The highest BCUT2D eigenvalue weighted by molar-refractivity contribution is 7.89. The van der Waals surface area contributed by atoms with Crippen LogP contribution < -0.4 is 15.6 Å². The van der Waals surface area contributed by atoms with Gasteiger partial charge >= 0.3 is 0 Å². The van der Waals surface area contributed by atoms with Crippen LogP contribution >= 0.6 is 0 Å². The van der Waals surface area contributed by atoms with Crippen LogP contribution in [-0.4, -0.2) is 50.9 Å². The Bertz CT molecular complexity index is 967. The molecule has 0 aliphatic heterocycles. The fraction of sp³-hybridized carbons (Fsp3) is 0.333. The summed E-state index contributed by atoms with van der Waals surface area (Å²) in [6.07, 6.45) is 1.75. The van der Waals surface area contributed by atoms with Gasteiger partial charge < -0.3 is 14.6 Å². The number of rotatable bonds is 8. The number of carbonyl (C=O) groups excluding carboxylic acids is 1. The van der Waals surface area contributed by atoms with Crippen molar-refractivity contribution in [1.82, 2.24) is 14.2 Å². The van der Waals surface area contributed by atoms with Gasteiger partial charge in [-0.2, -0.15) is 0 Å². The third-order valence-electron chi connectivity index (χ3n) is 3.96. The molecule has 1 aromatic heterocycles. The molecule has 2 aromatic rings. The zero-order valence-corrected chi connectivity index (χ0v) is 16.3. The number of benzene rings is 1. The van der Waals surface area contributed by atoms with E-state index in [0.29, 0.717) is 13.0 Å². The summed E-state index contributed by atoms with van der Waals surface area (Å²) >= 11 is 0. The molecule has 0 unspecified atom stereocenters. The van der Waals surface area contributed by atoms with Crippen molar-refractivity contribution in [1.29, 1.82) is 0 Å². The van der Waals surface area contributed by atoms with Crippen LogP contribution in [0, 0.1) is 0 Å². The minimum atomic E-state index is -3.68. The molecule has 0 aliphatic carbocycles. The first-order valence-electron chi connectivity index (χ1n) is 8.27. The van der Waals surface area contributed by atoms with Crippen molar-refractivity contribution >= 4 is 15.9 Å². The number of hydrogen-bond acceptors (Lipinski definition) is 5. The summed E-state index contributed by atoms with van der Waals surface area (Å²) in [5, 5.41) is 2.73. The van der Waals surface area contributed by atoms with Crippen molar-refractivity contribution in [2.24, 2.45) is 0 Å². The fourth-order valence-corrected chi connectivity index (χ4v) is 3.38. The number of amides is 1. The van der Waals surface area contributed by atoms with Gasteiger partial charge in [-0.25, -0.2) is 12.7 Å². The molecule has 1 heterocycles. The van der Waals surface area contributed by atoms with Crippen LogP contribution in [0.1, 0.15) is 5.56 Å². The minimum absolute atomic E-state index is 0.0473. The van der Waals surface area contributed by atoms with Crippen LogP contribution in [0.25, 0.3) is 0 Å². The average Bonchev–Trinajstić information content (AvgIpc) is 2.63. The van der Waals surface area contributed by atoms with E-state index < -0.39 is 15.6 Å². The van der Waals surface area contributed by atoms with E-state index in [-0.39, 0.29) is 17.3 Å². The summed E-state index contributed by atoms with van der Waals surface area (Å²) in [4.78, 5) is 24.0. The van der Waals surface area contributed by atoms with E-state index in [1.165, 1.54) is 26.4 Å². The van der Waals surface area contributed by atoms with Crippen LogP contribution in [0.5, 0.6) is 5.75 Å². The average molecular weight is 393 g/mol. The van der Waals surface area contributed by atoms with E-state index in [4.69, 9.17) is 4.74 Å². The number of methoxy groups -OCH3 is 1. The molecule has 0 atom stereocenters. The van der Waals surface area contributed by atoms with Crippen molar-refractivity contribution in [2.45, 2.75) is 17.9 Å². The van der Waals surface area contributed by atoms with Gasteiger partial charge in [-0.05, 0) is 24.1 Å². The monoisotopic (exact) mass is 393 g/mol. The lowest BCUT2D eigenvalue weighted by atomic mass is 10.1. The smallest absolute Gasteiger partial charge is 0.251 e. The first kappa shape index (κ1) is 20.7. The van der Waals surface area contributed by atoms with Gasteiger partial charge in [-0.1, -0.05) is 18.2 Å². The Labute approximate surface area is 158 Å². The molecular formula is C18H23N3O5S. The van der Waals surface area contributed by atoms with Crippen molar-refractivity contribution < 1.29 is 17.9 Å². The van der Waals surface area contributed by atoms with Gasteiger partial charge in [0, 0.05) is 32.9 Å². The summed E-state index contributed by atoms with van der Waals surface area (Å²) in [6, 6.07) is 9.86. The third-order valence-corrected chi connectivity index (χ3v) is 5.76. The molecule has 0 aliphatic rings. The van der Waals surface area contributed by atoms with E-state index in [1.807, 2.05) is 24.3 Å². The molecular weight excluding hydrogens is 370 g/mol. The van der Waals surface area contributed by atoms with Gasteiger partial charge in [-0.3, -0.25) is 9.59 Å². The van der Waals surface area contributed by atoms with E-state index in [9.17, 15) is 18.0 Å². The molecule has 0 saturated carbocycles. The first-order valence-corrected chi connectivity index (χ1v) is 9.71. The molecule has 0 spiro atoms. The summed E-state index contributed by atoms with van der Waals surface area (Å²) in [7, 11) is 0.694. The number of ether oxygens (including phenoxy) is 1. The van der Waals surface area contributed by atoms with Crippen molar-refractivity contribution in [2.75, 3.05) is 27.7 Å². The largest absolute Gasteiger partial charge is 0.496 e. The lowest BCUT2D eigenvalue weighted by molar-refractivity contribution is -0.121. The highest BCUT2D eigenvalue weighted by Gasteiger charge is 2.18. The number of para-hydroxylation sites is 1. The number of carbonyl (C=O) groups is 1. The number of aromatic nitrogens is 1. The highest BCUT2D eigenvalue weighted by Crippen LogP contribution is 2.17. The molecule has 1 amide bonds. The van der Waals surface area contributed by atoms with Crippen LogP contribution in [-0.2, 0) is 27.8 Å². The van der Waals surface area contributed by atoms with Crippen molar-refractivity contribution in [3.8, 4) is 5.75 Å². The van der Waals surface area contributed by atoms with Gasteiger partial charge in [0.2, 0.25) is 15.9 Å². The standard InChI is InChI=1S/C18H23N3O5S/c1-20(2)27(24,25)15-8-9-18(23)21(12-15)13-17(22)19-11-10-14-6-4-5-7-16(14)26-3/h4-9,12H,10-11,13H2,1-3H3,(H,19,22). The second-order valence-electron chi connectivity index (χ2n) is 6.03. The predicted molar refractivity (Wildman–Crippen MR) is 101 cm³/mol. The van der Waals surface area contributed by atoms with Crippen molar-refractivity contribution in [3.05, 3.63) is 58.5 Å². The SMILES string of the molecule is COc1ccccc1CCNC(=O)Cn1cc(S(=O)(=O)N(C)C)ccc1=O. The van der Waals surface area contributed by atoms with E-state index in [2.05, 4.69) is 5.32 Å². The quantitative estimate of drug-likeness (QED) is 0.703. The predicted octanol–water partition coefficient (Wildman–Crippen LogP) is 0.466. The van der Waals surface area contributed by atoms with Crippen LogP contribution in [0.15, 0.2) is 52.3 Å².